The Bertz CT molecular complexity index is 478. The molecule has 1 saturated heterocycles. The van der Waals surface area contributed by atoms with Gasteiger partial charge in [-0.25, -0.2) is 4.98 Å². The van der Waals surface area contributed by atoms with Crippen molar-refractivity contribution in [2.75, 3.05) is 31.7 Å². The SMILES string of the molecule is COC[C@@H]1CN(c2cnccn2)C[C@H]1C(=O)NC1CCC1. The maximum Gasteiger partial charge on any atom is 0.225 e. The summed E-state index contributed by atoms with van der Waals surface area (Å²) in [6.45, 7) is 2.07. The van der Waals surface area contributed by atoms with Crippen LogP contribution < -0.4 is 10.2 Å². The lowest BCUT2D eigenvalue weighted by Gasteiger charge is -2.28. The molecular weight excluding hydrogens is 268 g/mol. The van der Waals surface area contributed by atoms with Crippen LogP contribution in [0.2, 0.25) is 0 Å². The molecule has 1 aliphatic carbocycles. The van der Waals surface area contributed by atoms with E-state index in [1.54, 1.807) is 25.7 Å². The van der Waals surface area contributed by atoms with E-state index in [-0.39, 0.29) is 17.7 Å². The first-order valence-corrected chi connectivity index (χ1v) is 7.58. The third kappa shape index (κ3) is 3.15. The number of amides is 1. The fraction of sp³-hybridized carbons (Fsp3) is 0.667. The normalized spacial score (nSPS) is 25.7. The van der Waals surface area contributed by atoms with Gasteiger partial charge in [0.15, 0.2) is 0 Å². The largest absolute Gasteiger partial charge is 0.384 e. The van der Waals surface area contributed by atoms with Gasteiger partial charge >= 0.3 is 0 Å². The van der Waals surface area contributed by atoms with E-state index in [0.29, 0.717) is 19.2 Å². The van der Waals surface area contributed by atoms with E-state index in [4.69, 9.17) is 4.74 Å². The molecule has 1 saturated carbocycles. The third-order valence-electron chi connectivity index (χ3n) is 4.48. The summed E-state index contributed by atoms with van der Waals surface area (Å²) in [6, 6.07) is 0.381. The minimum absolute atomic E-state index is 0.0347. The van der Waals surface area contributed by atoms with Gasteiger partial charge in [0.1, 0.15) is 5.82 Å². The van der Waals surface area contributed by atoms with Crippen LogP contribution in [-0.4, -0.2) is 48.7 Å². The minimum Gasteiger partial charge on any atom is -0.384 e. The lowest BCUT2D eigenvalue weighted by atomic mass is 9.90. The second-order valence-corrected chi connectivity index (χ2v) is 5.93. The van der Waals surface area contributed by atoms with Gasteiger partial charge in [-0.1, -0.05) is 0 Å². The van der Waals surface area contributed by atoms with Crippen LogP contribution in [0.1, 0.15) is 19.3 Å². The van der Waals surface area contributed by atoms with Crippen molar-refractivity contribution in [2.45, 2.75) is 25.3 Å². The van der Waals surface area contributed by atoms with Crippen LogP contribution in [0.25, 0.3) is 0 Å². The molecule has 2 heterocycles. The van der Waals surface area contributed by atoms with Crippen molar-refractivity contribution in [3.63, 3.8) is 0 Å². The van der Waals surface area contributed by atoms with E-state index in [0.717, 1.165) is 25.2 Å². The zero-order chi connectivity index (χ0) is 14.7. The van der Waals surface area contributed by atoms with Crippen molar-refractivity contribution < 1.29 is 9.53 Å². The zero-order valence-corrected chi connectivity index (χ0v) is 12.4. The number of hydrogen-bond donors (Lipinski definition) is 1. The zero-order valence-electron chi connectivity index (χ0n) is 12.4. The summed E-state index contributed by atoms with van der Waals surface area (Å²) in [5, 5.41) is 3.16. The Morgan fingerprint density at radius 2 is 2.29 bits per heavy atom. The highest BCUT2D eigenvalue weighted by Crippen LogP contribution is 2.28. The summed E-state index contributed by atoms with van der Waals surface area (Å²) in [5.41, 5.74) is 0. The third-order valence-corrected chi connectivity index (χ3v) is 4.48. The number of anilines is 1. The van der Waals surface area contributed by atoms with E-state index >= 15 is 0 Å². The number of hydrogen-bond acceptors (Lipinski definition) is 5. The fourth-order valence-corrected chi connectivity index (χ4v) is 3.05. The summed E-state index contributed by atoms with van der Waals surface area (Å²) in [5.74, 6) is 1.16. The molecule has 3 rings (SSSR count). The first kappa shape index (κ1) is 14.3. The molecule has 6 nitrogen and oxygen atoms in total. The molecule has 2 aliphatic rings. The number of carbonyl (C=O) groups is 1. The molecule has 114 valence electrons. The molecule has 1 aromatic heterocycles. The summed E-state index contributed by atoms with van der Waals surface area (Å²) in [6.07, 6.45) is 8.54. The Morgan fingerprint density at radius 1 is 1.43 bits per heavy atom. The van der Waals surface area contributed by atoms with Crippen molar-refractivity contribution >= 4 is 11.7 Å². The molecular formula is C15H22N4O2. The molecule has 0 radical (unpaired) electrons. The van der Waals surface area contributed by atoms with E-state index in [1.807, 2.05) is 0 Å². The molecule has 2 atom stereocenters. The highest BCUT2D eigenvalue weighted by atomic mass is 16.5. The predicted molar refractivity (Wildman–Crippen MR) is 78.9 cm³/mol. The summed E-state index contributed by atoms with van der Waals surface area (Å²) >= 11 is 0. The van der Waals surface area contributed by atoms with Crippen molar-refractivity contribution in [1.82, 2.24) is 15.3 Å². The van der Waals surface area contributed by atoms with Gasteiger partial charge in [0.25, 0.3) is 0 Å². The first-order valence-electron chi connectivity index (χ1n) is 7.58. The molecule has 2 fully saturated rings. The minimum atomic E-state index is -0.0347. The number of nitrogens with one attached hydrogen (secondary N) is 1. The standard InChI is InChI=1S/C15H22N4O2/c1-21-10-11-8-19(14-7-16-5-6-17-14)9-13(11)15(20)18-12-3-2-4-12/h5-7,11-13H,2-4,8-10H2,1H3,(H,18,20)/t11-,13+/m0/s1. The second kappa shape index (κ2) is 6.39. The van der Waals surface area contributed by atoms with Crippen LogP contribution in [0.5, 0.6) is 0 Å². The lowest BCUT2D eigenvalue weighted by Crippen LogP contribution is -2.45. The lowest BCUT2D eigenvalue weighted by molar-refractivity contribution is -0.127. The van der Waals surface area contributed by atoms with E-state index in [9.17, 15) is 4.79 Å². The number of nitrogens with zero attached hydrogens (tertiary/aromatic N) is 3. The van der Waals surface area contributed by atoms with Crippen molar-refractivity contribution in [3.8, 4) is 0 Å². The Kier molecular flexibility index (Phi) is 4.34. The summed E-state index contributed by atoms with van der Waals surface area (Å²) < 4.78 is 5.29. The summed E-state index contributed by atoms with van der Waals surface area (Å²) in [4.78, 5) is 23.0. The van der Waals surface area contributed by atoms with Gasteiger partial charge in [0.05, 0.1) is 18.7 Å². The Morgan fingerprint density at radius 3 is 2.90 bits per heavy atom. The molecule has 1 amide bonds. The van der Waals surface area contributed by atoms with Crippen LogP contribution in [0, 0.1) is 11.8 Å². The Labute approximate surface area is 124 Å². The number of rotatable bonds is 5. The van der Waals surface area contributed by atoms with Crippen molar-refractivity contribution in [3.05, 3.63) is 18.6 Å². The van der Waals surface area contributed by atoms with Crippen LogP contribution in [0.15, 0.2) is 18.6 Å². The molecule has 1 N–H and O–H groups in total. The second-order valence-electron chi connectivity index (χ2n) is 5.93. The molecule has 6 heteroatoms. The molecule has 21 heavy (non-hydrogen) atoms. The topological polar surface area (TPSA) is 67.3 Å². The van der Waals surface area contributed by atoms with Crippen LogP contribution in [0.3, 0.4) is 0 Å². The smallest absolute Gasteiger partial charge is 0.225 e. The monoisotopic (exact) mass is 290 g/mol. The van der Waals surface area contributed by atoms with Crippen LogP contribution >= 0.6 is 0 Å². The average molecular weight is 290 g/mol. The molecule has 0 unspecified atom stereocenters. The Balaban J connectivity index is 1.67. The summed E-state index contributed by atoms with van der Waals surface area (Å²) in [7, 11) is 1.69. The van der Waals surface area contributed by atoms with Gasteiger partial charge in [-0.15, -0.1) is 0 Å². The predicted octanol–water partition coefficient (Wildman–Crippen LogP) is 0.844. The fourth-order valence-electron chi connectivity index (χ4n) is 3.05. The first-order chi connectivity index (χ1) is 10.3. The van der Waals surface area contributed by atoms with Crippen molar-refractivity contribution in [1.29, 1.82) is 0 Å². The Hall–Kier alpha value is -1.69. The molecule has 1 aliphatic heterocycles. The highest BCUT2D eigenvalue weighted by molar-refractivity contribution is 5.80. The quantitative estimate of drug-likeness (QED) is 0.870. The van der Waals surface area contributed by atoms with Gasteiger partial charge in [-0.3, -0.25) is 9.78 Å². The highest BCUT2D eigenvalue weighted by Gasteiger charge is 2.39. The number of carbonyl (C=O) groups excluding carboxylic acids is 1. The van der Waals surface area contributed by atoms with Gasteiger partial charge in [-0.05, 0) is 19.3 Å². The number of aromatic nitrogens is 2. The van der Waals surface area contributed by atoms with Crippen LogP contribution in [0.4, 0.5) is 5.82 Å². The number of methoxy groups -OCH3 is 1. The van der Waals surface area contributed by atoms with Gasteiger partial charge in [0, 0.05) is 44.6 Å². The molecule has 0 aromatic carbocycles. The van der Waals surface area contributed by atoms with Crippen molar-refractivity contribution in [2.24, 2.45) is 11.8 Å². The van der Waals surface area contributed by atoms with E-state index < -0.39 is 0 Å². The van der Waals surface area contributed by atoms with Gasteiger partial charge < -0.3 is 15.0 Å². The van der Waals surface area contributed by atoms with E-state index in [2.05, 4.69) is 20.2 Å². The average Bonchev–Trinajstić information content (AvgIpc) is 2.88. The maximum atomic E-state index is 12.5. The van der Waals surface area contributed by atoms with Crippen LogP contribution in [-0.2, 0) is 9.53 Å². The maximum absolute atomic E-state index is 12.5. The van der Waals surface area contributed by atoms with Gasteiger partial charge in [-0.2, -0.15) is 0 Å². The molecule has 1 aromatic rings. The molecule has 0 bridgehead atoms. The number of ether oxygens (including phenoxy) is 1. The van der Waals surface area contributed by atoms with Gasteiger partial charge in [0.2, 0.25) is 5.91 Å². The van der Waals surface area contributed by atoms with E-state index in [1.165, 1.54) is 6.42 Å². The molecule has 0 spiro atoms.